The van der Waals surface area contributed by atoms with Crippen LogP contribution in [0.2, 0.25) is 0 Å². The molecule has 0 bridgehead atoms. The second-order valence-electron chi connectivity index (χ2n) is 4.19. The van der Waals surface area contributed by atoms with Gasteiger partial charge in [-0.15, -0.1) is 0 Å². The zero-order valence-electron chi connectivity index (χ0n) is 10.2. The van der Waals surface area contributed by atoms with Crippen LogP contribution in [0, 0.1) is 6.92 Å². The van der Waals surface area contributed by atoms with Crippen molar-refractivity contribution in [1.29, 1.82) is 0 Å². The molecule has 0 spiro atoms. The summed E-state index contributed by atoms with van der Waals surface area (Å²) in [7, 11) is 0. The number of aliphatic hydroxyl groups is 1. The standard InChI is InChI=1S/C15H15BrO2/c1-11-5-6-15(13(7-11)9-17)18-10-12-3-2-4-14(16)8-12/h2-8,17H,9-10H2,1H3. The summed E-state index contributed by atoms with van der Waals surface area (Å²) in [6.45, 7) is 2.49. The molecule has 0 heterocycles. The van der Waals surface area contributed by atoms with E-state index in [1.54, 1.807) is 0 Å². The van der Waals surface area contributed by atoms with Crippen LogP contribution in [0.1, 0.15) is 16.7 Å². The Bertz CT molecular complexity index is 538. The molecule has 0 unspecified atom stereocenters. The Hall–Kier alpha value is -1.32. The van der Waals surface area contributed by atoms with Gasteiger partial charge in [0.05, 0.1) is 6.61 Å². The minimum Gasteiger partial charge on any atom is -0.489 e. The Morgan fingerprint density at radius 1 is 1.17 bits per heavy atom. The average Bonchev–Trinajstić information content (AvgIpc) is 2.37. The summed E-state index contributed by atoms with van der Waals surface area (Å²) in [5.74, 6) is 0.739. The maximum absolute atomic E-state index is 9.30. The van der Waals surface area contributed by atoms with E-state index in [1.165, 1.54) is 0 Å². The molecule has 0 saturated heterocycles. The highest BCUT2D eigenvalue weighted by Crippen LogP contribution is 2.21. The predicted molar refractivity (Wildman–Crippen MR) is 75.6 cm³/mol. The minimum atomic E-state index is -0.00447. The maximum Gasteiger partial charge on any atom is 0.125 e. The lowest BCUT2D eigenvalue weighted by Gasteiger charge is -2.11. The number of benzene rings is 2. The molecule has 0 saturated carbocycles. The molecular formula is C15H15BrO2. The first-order valence-corrected chi connectivity index (χ1v) is 6.56. The fourth-order valence-electron chi connectivity index (χ4n) is 1.76. The zero-order chi connectivity index (χ0) is 13.0. The molecular weight excluding hydrogens is 292 g/mol. The number of ether oxygens (including phenoxy) is 1. The van der Waals surface area contributed by atoms with Crippen LogP contribution in [0.5, 0.6) is 5.75 Å². The van der Waals surface area contributed by atoms with Crippen molar-refractivity contribution in [3.8, 4) is 5.75 Å². The highest BCUT2D eigenvalue weighted by atomic mass is 79.9. The van der Waals surface area contributed by atoms with E-state index in [4.69, 9.17) is 4.74 Å². The Morgan fingerprint density at radius 2 is 2.00 bits per heavy atom. The number of rotatable bonds is 4. The Balaban J connectivity index is 2.10. The molecule has 0 radical (unpaired) electrons. The Labute approximate surface area is 115 Å². The van der Waals surface area contributed by atoms with Gasteiger partial charge < -0.3 is 9.84 Å². The van der Waals surface area contributed by atoms with Gasteiger partial charge in [-0.25, -0.2) is 0 Å². The van der Waals surface area contributed by atoms with E-state index in [1.807, 2.05) is 49.4 Å². The smallest absolute Gasteiger partial charge is 0.125 e. The lowest BCUT2D eigenvalue weighted by Crippen LogP contribution is -1.99. The molecule has 2 aromatic carbocycles. The van der Waals surface area contributed by atoms with Crippen LogP contribution in [0.15, 0.2) is 46.9 Å². The van der Waals surface area contributed by atoms with Gasteiger partial charge in [0.15, 0.2) is 0 Å². The summed E-state index contributed by atoms with van der Waals surface area (Å²) in [5.41, 5.74) is 3.03. The number of hydrogen-bond donors (Lipinski definition) is 1. The van der Waals surface area contributed by atoms with Crippen molar-refractivity contribution >= 4 is 15.9 Å². The SMILES string of the molecule is Cc1ccc(OCc2cccc(Br)c2)c(CO)c1. The van der Waals surface area contributed by atoms with E-state index in [-0.39, 0.29) is 6.61 Å². The fourth-order valence-corrected chi connectivity index (χ4v) is 2.21. The van der Waals surface area contributed by atoms with Crippen molar-refractivity contribution in [3.05, 3.63) is 63.6 Å². The second kappa shape index (κ2) is 6.03. The first kappa shape index (κ1) is 13.1. The van der Waals surface area contributed by atoms with Crippen molar-refractivity contribution in [3.63, 3.8) is 0 Å². The van der Waals surface area contributed by atoms with Crippen LogP contribution in [0.25, 0.3) is 0 Å². The number of halogens is 1. The van der Waals surface area contributed by atoms with E-state index >= 15 is 0 Å². The van der Waals surface area contributed by atoms with Gasteiger partial charge in [-0.2, -0.15) is 0 Å². The van der Waals surface area contributed by atoms with E-state index in [0.29, 0.717) is 6.61 Å². The van der Waals surface area contributed by atoms with Gasteiger partial charge in [0, 0.05) is 10.0 Å². The molecule has 2 aromatic rings. The normalized spacial score (nSPS) is 10.4. The van der Waals surface area contributed by atoms with Crippen molar-refractivity contribution in [2.24, 2.45) is 0 Å². The monoisotopic (exact) mass is 306 g/mol. The van der Waals surface area contributed by atoms with E-state index in [9.17, 15) is 5.11 Å². The topological polar surface area (TPSA) is 29.5 Å². The third-order valence-corrected chi connectivity index (χ3v) is 3.16. The molecule has 18 heavy (non-hydrogen) atoms. The summed E-state index contributed by atoms with van der Waals surface area (Å²) < 4.78 is 6.78. The van der Waals surface area contributed by atoms with Gasteiger partial charge in [0.2, 0.25) is 0 Å². The molecule has 0 aliphatic rings. The molecule has 2 rings (SSSR count). The van der Waals surface area contributed by atoms with E-state index < -0.39 is 0 Å². The molecule has 1 N–H and O–H groups in total. The van der Waals surface area contributed by atoms with Crippen LogP contribution in [0.3, 0.4) is 0 Å². The quantitative estimate of drug-likeness (QED) is 0.930. The molecule has 0 amide bonds. The van der Waals surface area contributed by atoms with Crippen molar-refractivity contribution in [2.45, 2.75) is 20.1 Å². The van der Waals surface area contributed by atoms with E-state index in [0.717, 1.165) is 26.9 Å². The van der Waals surface area contributed by atoms with Crippen molar-refractivity contribution in [1.82, 2.24) is 0 Å². The van der Waals surface area contributed by atoms with E-state index in [2.05, 4.69) is 15.9 Å². The third kappa shape index (κ3) is 3.34. The van der Waals surface area contributed by atoms with Crippen LogP contribution in [-0.4, -0.2) is 5.11 Å². The van der Waals surface area contributed by atoms with Crippen LogP contribution >= 0.6 is 15.9 Å². The average molecular weight is 307 g/mol. The first-order valence-electron chi connectivity index (χ1n) is 5.76. The minimum absolute atomic E-state index is 0.00447. The largest absolute Gasteiger partial charge is 0.489 e. The van der Waals surface area contributed by atoms with Gasteiger partial charge in [-0.05, 0) is 30.7 Å². The molecule has 0 aromatic heterocycles. The predicted octanol–water partition coefficient (Wildman–Crippen LogP) is 3.83. The van der Waals surface area contributed by atoms with Gasteiger partial charge >= 0.3 is 0 Å². The zero-order valence-corrected chi connectivity index (χ0v) is 11.8. The molecule has 0 aliphatic heterocycles. The summed E-state index contributed by atoms with van der Waals surface area (Å²) in [6.07, 6.45) is 0. The second-order valence-corrected chi connectivity index (χ2v) is 5.10. The van der Waals surface area contributed by atoms with Crippen LogP contribution in [0.4, 0.5) is 0 Å². The van der Waals surface area contributed by atoms with Gasteiger partial charge in [0.1, 0.15) is 12.4 Å². The maximum atomic E-state index is 9.30. The highest BCUT2D eigenvalue weighted by molar-refractivity contribution is 9.10. The Morgan fingerprint density at radius 3 is 2.72 bits per heavy atom. The van der Waals surface area contributed by atoms with Gasteiger partial charge in [0.25, 0.3) is 0 Å². The van der Waals surface area contributed by atoms with Gasteiger partial charge in [-0.3, -0.25) is 0 Å². The number of hydrogen-bond acceptors (Lipinski definition) is 2. The molecule has 0 fully saturated rings. The third-order valence-electron chi connectivity index (χ3n) is 2.67. The molecule has 3 heteroatoms. The molecule has 2 nitrogen and oxygen atoms in total. The van der Waals surface area contributed by atoms with Crippen LogP contribution < -0.4 is 4.74 Å². The summed E-state index contributed by atoms with van der Waals surface area (Å²) in [6, 6.07) is 13.8. The van der Waals surface area contributed by atoms with Crippen LogP contribution in [-0.2, 0) is 13.2 Å². The molecule has 94 valence electrons. The number of aliphatic hydroxyl groups excluding tert-OH is 1. The number of aryl methyl sites for hydroxylation is 1. The molecule has 0 aliphatic carbocycles. The summed E-state index contributed by atoms with van der Waals surface area (Å²) in [5, 5.41) is 9.30. The summed E-state index contributed by atoms with van der Waals surface area (Å²) >= 11 is 3.43. The van der Waals surface area contributed by atoms with Crippen molar-refractivity contribution < 1.29 is 9.84 Å². The molecule has 0 atom stereocenters. The summed E-state index contributed by atoms with van der Waals surface area (Å²) in [4.78, 5) is 0. The fraction of sp³-hybridized carbons (Fsp3) is 0.200. The Kier molecular flexibility index (Phi) is 4.39. The van der Waals surface area contributed by atoms with Crippen molar-refractivity contribution in [2.75, 3.05) is 0 Å². The lowest BCUT2D eigenvalue weighted by molar-refractivity contribution is 0.259. The lowest BCUT2D eigenvalue weighted by atomic mass is 10.1. The van der Waals surface area contributed by atoms with Gasteiger partial charge in [-0.1, -0.05) is 45.8 Å². The first-order chi connectivity index (χ1) is 8.69. The highest BCUT2D eigenvalue weighted by Gasteiger charge is 2.03.